The zero-order valence-electron chi connectivity index (χ0n) is 15.4. The first-order valence-corrected chi connectivity index (χ1v) is 8.77. The summed E-state index contributed by atoms with van der Waals surface area (Å²) < 4.78 is 1.82. The van der Waals surface area contributed by atoms with Gasteiger partial charge >= 0.3 is 0 Å². The fourth-order valence-corrected chi connectivity index (χ4v) is 2.82. The van der Waals surface area contributed by atoms with E-state index in [-0.39, 0.29) is 24.9 Å². The van der Waals surface area contributed by atoms with Gasteiger partial charge in [-0.2, -0.15) is 4.57 Å². The highest BCUT2D eigenvalue weighted by Crippen LogP contribution is 2.10. The first kappa shape index (κ1) is 21.1. The van der Waals surface area contributed by atoms with Gasteiger partial charge in [0, 0.05) is 30.8 Å². The van der Waals surface area contributed by atoms with Crippen molar-refractivity contribution in [1.29, 1.82) is 0 Å². The molecule has 0 unspecified atom stereocenters. The van der Waals surface area contributed by atoms with Crippen LogP contribution in [0.4, 0.5) is 0 Å². The summed E-state index contributed by atoms with van der Waals surface area (Å²) in [6.45, 7) is 1.37. The fourth-order valence-electron chi connectivity index (χ4n) is 2.82. The zero-order valence-corrected chi connectivity index (χ0v) is 16.1. The molecular formula is C22H22ClN3O2. The van der Waals surface area contributed by atoms with Gasteiger partial charge in [-0.3, -0.25) is 4.79 Å². The van der Waals surface area contributed by atoms with E-state index in [2.05, 4.69) is 5.16 Å². The van der Waals surface area contributed by atoms with E-state index in [1.165, 1.54) is 6.21 Å². The van der Waals surface area contributed by atoms with Crippen LogP contribution in [-0.2, 0) is 24.4 Å². The van der Waals surface area contributed by atoms with Crippen LogP contribution in [0.5, 0.6) is 0 Å². The van der Waals surface area contributed by atoms with Crippen LogP contribution in [0.3, 0.4) is 0 Å². The SMILES string of the molecule is O=C(C[n+]1ccc(/C=N/O)cc1)N(Cc1ccccc1)Cc1ccccc1.[Cl-]. The summed E-state index contributed by atoms with van der Waals surface area (Å²) in [4.78, 5) is 14.8. The Morgan fingerprint density at radius 1 is 0.893 bits per heavy atom. The van der Waals surface area contributed by atoms with Crippen molar-refractivity contribution in [2.75, 3.05) is 0 Å². The Balaban J connectivity index is 0.00000280. The molecule has 144 valence electrons. The predicted molar refractivity (Wildman–Crippen MR) is 103 cm³/mol. The monoisotopic (exact) mass is 395 g/mol. The maximum atomic E-state index is 13.0. The Morgan fingerprint density at radius 2 is 1.39 bits per heavy atom. The number of halogens is 1. The average molecular weight is 396 g/mol. The molecule has 2 aromatic carbocycles. The van der Waals surface area contributed by atoms with Crippen molar-refractivity contribution in [1.82, 2.24) is 4.90 Å². The van der Waals surface area contributed by atoms with Crippen LogP contribution < -0.4 is 17.0 Å². The highest BCUT2D eigenvalue weighted by molar-refractivity contribution is 5.78. The third-order valence-corrected chi connectivity index (χ3v) is 4.23. The number of carbonyl (C=O) groups excluding carboxylic acids is 1. The van der Waals surface area contributed by atoms with Gasteiger partial charge in [-0.25, -0.2) is 0 Å². The summed E-state index contributed by atoms with van der Waals surface area (Å²) in [7, 11) is 0. The van der Waals surface area contributed by atoms with Crippen molar-refractivity contribution in [3.63, 3.8) is 0 Å². The van der Waals surface area contributed by atoms with Gasteiger partial charge < -0.3 is 22.5 Å². The molecule has 0 aliphatic heterocycles. The first-order valence-electron chi connectivity index (χ1n) is 8.77. The number of rotatable bonds is 7. The van der Waals surface area contributed by atoms with Crippen molar-refractivity contribution < 1.29 is 27.0 Å². The van der Waals surface area contributed by atoms with Crippen molar-refractivity contribution in [3.05, 3.63) is 102 Å². The fraction of sp³-hybridized carbons (Fsp3) is 0.136. The van der Waals surface area contributed by atoms with E-state index < -0.39 is 0 Å². The number of nitrogens with zero attached hydrogens (tertiary/aromatic N) is 3. The smallest absolute Gasteiger partial charge is 0.289 e. The molecule has 0 saturated carbocycles. The highest BCUT2D eigenvalue weighted by Gasteiger charge is 2.19. The summed E-state index contributed by atoms with van der Waals surface area (Å²) in [5.74, 6) is 0.0382. The summed E-state index contributed by atoms with van der Waals surface area (Å²) in [6, 6.07) is 23.6. The lowest BCUT2D eigenvalue weighted by Crippen LogP contribution is -3.00. The topological polar surface area (TPSA) is 56.8 Å². The van der Waals surface area contributed by atoms with Gasteiger partial charge in [-0.05, 0) is 11.1 Å². The summed E-state index contributed by atoms with van der Waals surface area (Å²) in [5, 5.41) is 11.6. The zero-order chi connectivity index (χ0) is 18.9. The third-order valence-electron chi connectivity index (χ3n) is 4.23. The standard InChI is InChI=1S/C22H21N3O2.ClH/c26-22(18-24-13-11-19(12-14-24)15-23-27)25(16-20-7-3-1-4-8-20)17-21-9-5-2-6-10-21;/h1-15H,16-18H2;1H. The molecule has 1 amide bonds. The van der Waals surface area contributed by atoms with Gasteiger partial charge in [0.25, 0.3) is 5.91 Å². The number of aromatic nitrogens is 1. The molecule has 0 fully saturated rings. The Bertz CT molecular complexity index is 843. The van der Waals surface area contributed by atoms with E-state index >= 15 is 0 Å². The molecule has 6 heteroatoms. The van der Waals surface area contributed by atoms with Crippen LogP contribution in [0, 0.1) is 0 Å². The summed E-state index contributed by atoms with van der Waals surface area (Å²) in [5.41, 5.74) is 2.97. The minimum atomic E-state index is 0. The molecule has 1 heterocycles. The van der Waals surface area contributed by atoms with Crippen LogP contribution in [0.15, 0.2) is 90.3 Å². The second-order valence-corrected chi connectivity index (χ2v) is 6.27. The van der Waals surface area contributed by atoms with E-state index in [0.717, 1.165) is 16.7 Å². The van der Waals surface area contributed by atoms with Gasteiger partial charge in [-0.1, -0.05) is 65.8 Å². The number of carbonyl (C=O) groups is 1. The molecule has 3 rings (SSSR count). The van der Waals surface area contributed by atoms with Crippen molar-refractivity contribution in [2.45, 2.75) is 19.6 Å². The number of benzene rings is 2. The Morgan fingerprint density at radius 3 is 1.86 bits per heavy atom. The second kappa shape index (κ2) is 10.8. The maximum absolute atomic E-state index is 13.0. The summed E-state index contributed by atoms with van der Waals surface area (Å²) >= 11 is 0. The molecule has 0 radical (unpaired) electrons. The molecule has 0 saturated heterocycles. The van der Waals surface area contributed by atoms with Gasteiger partial charge in [0.15, 0.2) is 12.4 Å². The molecule has 3 aromatic rings. The van der Waals surface area contributed by atoms with Crippen LogP contribution >= 0.6 is 0 Å². The van der Waals surface area contributed by atoms with E-state index in [0.29, 0.717) is 13.1 Å². The second-order valence-electron chi connectivity index (χ2n) is 6.27. The average Bonchev–Trinajstić information content (AvgIpc) is 2.71. The quantitative estimate of drug-likeness (QED) is 0.265. The molecule has 28 heavy (non-hydrogen) atoms. The molecular weight excluding hydrogens is 374 g/mol. The predicted octanol–water partition coefficient (Wildman–Crippen LogP) is 0.0152. The van der Waals surface area contributed by atoms with Crippen molar-refractivity contribution in [2.24, 2.45) is 5.16 Å². The van der Waals surface area contributed by atoms with Gasteiger partial charge in [0.1, 0.15) is 0 Å². The van der Waals surface area contributed by atoms with E-state index in [9.17, 15) is 4.79 Å². The normalized spacial score (nSPS) is 10.4. The maximum Gasteiger partial charge on any atom is 0.289 e. The lowest BCUT2D eigenvalue weighted by atomic mass is 10.1. The Hall–Kier alpha value is -3.18. The molecule has 1 aromatic heterocycles. The minimum Gasteiger partial charge on any atom is -1.00 e. The van der Waals surface area contributed by atoms with Crippen molar-refractivity contribution in [3.8, 4) is 0 Å². The largest absolute Gasteiger partial charge is 1.00 e. The molecule has 5 nitrogen and oxygen atoms in total. The minimum absolute atomic E-state index is 0. The number of pyridine rings is 1. The number of hydrogen-bond acceptors (Lipinski definition) is 3. The van der Waals surface area contributed by atoms with Gasteiger partial charge in [0.2, 0.25) is 6.54 Å². The molecule has 1 N–H and O–H groups in total. The Kier molecular flexibility index (Phi) is 8.18. The summed E-state index contributed by atoms with van der Waals surface area (Å²) in [6.07, 6.45) is 4.96. The van der Waals surface area contributed by atoms with Crippen LogP contribution in [0.2, 0.25) is 0 Å². The lowest BCUT2D eigenvalue weighted by molar-refractivity contribution is -0.685. The number of hydrogen-bond donors (Lipinski definition) is 1. The number of amides is 1. The van der Waals surface area contributed by atoms with Crippen molar-refractivity contribution >= 4 is 12.1 Å². The Labute approximate surface area is 171 Å². The van der Waals surface area contributed by atoms with Gasteiger partial charge in [-0.15, -0.1) is 0 Å². The molecule has 0 bridgehead atoms. The van der Waals surface area contributed by atoms with E-state index in [1.807, 2.05) is 70.1 Å². The van der Waals surface area contributed by atoms with E-state index in [4.69, 9.17) is 5.21 Å². The third kappa shape index (κ3) is 6.21. The molecule has 0 aliphatic rings. The van der Waals surface area contributed by atoms with Crippen LogP contribution in [-0.4, -0.2) is 22.2 Å². The van der Waals surface area contributed by atoms with Crippen LogP contribution in [0.25, 0.3) is 0 Å². The van der Waals surface area contributed by atoms with E-state index in [1.54, 1.807) is 24.5 Å². The molecule has 0 aliphatic carbocycles. The lowest BCUT2D eigenvalue weighted by Gasteiger charge is -2.22. The highest BCUT2D eigenvalue weighted by atomic mass is 35.5. The first-order chi connectivity index (χ1) is 13.2. The number of oxime groups is 1. The molecule has 0 spiro atoms. The van der Waals surface area contributed by atoms with Crippen LogP contribution in [0.1, 0.15) is 16.7 Å². The van der Waals surface area contributed by atoms with Gasteiger partial charge in [0.05, 0.1) is 6.21 Å². The molecule has 0 atom stereocenters.